The summed E-state index contributed by atoms with van der Waals surface area (Å²) in [4.78, 5) is 4.28. The van der Waals surface area contributed by atoms with E-state index in [1.807, 2.05) is 37.3 Å². The minimum absolute atomic E-state index is 0.312. The lowest BCUT2D eigenvalue weighted by Crippen LogP contribution is -2.16. The van der Waals surface area contributed by atoms with E-state index < -0.39 is 6.10 Å². The van der Waals surface area contributed by atoms with Crippen molar-refractivity contribution in [3.63, 3.8) is 0 Å². The molecule has 0 saturated carbocycles. The lowest BCUT2D eigenvalue weighted by Gasteiger charge is -2.11. The summed E-state index contributed by atoms with van der Waals surface area (Å²) in [5, 5.41) is 10.5. The fourth-order valence-corrected chi connectivity index (χ4v) is 1.50. The number of pyridine rings is 1. The molecule has 0 fully saturated rings. The monoisotopic (exact) mass is 217 g/mol. The maximum atomic E-state index is 9.45. The molecule has 0 amide bonds. The van der Waals surface area contributed by atoms with Crippen molar-refractivity contribution < 1.29 is 9.84 Å². The Kier molecular flexibility index (Phi) is 3.37. The van der Waals surface area contributed by atoms with Crippen molar-refractivity contribution in [3.8, 4) is 5.75 Å². The maximum Gasteiger partial charge on any atom is 0.145 e. The number of para-hydroxylation sites is 1. The van der Waals surface area contributed by atoms with Gasteiger partial charge >= 0.3 is 0 Å². The van der Waals surface area contributed by atoms with Crippen LogP contribution in [0.1, 0.15) is 13.3 Å². The van der Waals surface area contributed by atoms with Gasteiger partial charge in [-0.05, 0) is 18.6 Å². The zero-order chi connectivity index (χ0) is 11.4. The van der Waals surface area contributed by atoms with Crippen molar-refractivity contribution in [2.24, 2.45) is 0 Å². The summed E-state index contributed by atoms with van der Waals surface area (Å²) in [7, 11) is 0. The van der Waals surface area contributed by atoms with Gasteiger partial charge in [0.15, 0.2) is 0 Å². The lowest BCUT2D eigenvalue weighted by atomic mass is 10.2. The Morgan fingerprint density at radius 3 is 2.94 bits per heavy atom. The molecule has 2 rings (SSSR count). The summed E-state index contributed by atoms with van der Waals surface area (Å²) in [6, 6.07) is 9.68. The van der Waals surface area contributed by atoms with E-state index in [2.05, 4.69) is 4.98 Å². The fraction of sp³-hybridized carbons (Fsp3) is 0.308. The molecule has 3 nitrogen and oxygen atoms in total. The third kappa shape index (κ3) is 2.31. The van der Waals surface area contributed by atoms with Gasteiger partial charge in [0.1, 0.15) is 17.9 Å². The molecule has 0 aliphatic heterocycles. The molecule has 0 radical (unpaired) electrons. The minimum Gasteiger partial charge on any atom is -0.489 e. The molecule has 1 aromatic heterocycles. The van der Waals surface area contributed by atoms with Gasteiger partial charge in [0.05, 0.1) is 6.10 Å². The van der Waals surface area contributed by atoms with Crippen LogP contribution in [-0.4, -0.2) is 22.8 Å². The molecule has 1 N–H and O–H groups in total. The number of fused-ring (bicyclic) bond motifs is 1. The largest absolute Gasteiger partial charge is 0.489 e. The molecule has 16 heavy (non-hydrogen) atoms. The van der Waals surface area contributed by atoms with Gasteiger partial charge in [-0.25, -0.2) is 0 Å². The van der Waals surface area contributed by atoms with Gasteiger partial charge in [0, 0.05) is 11.6 Å². The van der Waals surface area contributed by atoms with Crippen LogP contribution in [-0.2, 0) is 0 Å². The summed E-state index contributed by atoms with van der Waals surface area (Å²) in [6.07, 6.45) is 2.02. The molecule has 1 atom stereocenters. The van der Waals surface area contributed by atoms with Crippen LogP contribution in [0.3, 0.4) is 0 Å². The number of hydrogen-bond acceptors (Lipinski definition) is 3. The zero-order valence-corrected chi connectivity index (χ0v) is 9.26. The van der Waals surface area contributed by atoms with Crippen LogP contribution in [0.15, 0.2) is 36.5 Å². The number of ether oxygens (including phenoxy) is 1. The molecular weight excluding hydrogens is 202 g/mol. The SMILES string of the molecule is CCC(O)COc1cccc2cccnc12. The second-order valence-corrected chi connectivity index (χ2v) is 3.70. The molecule has 0 spiro atoms. The number of aromatic nitrogens is 1. The molecule has 1 unspecified atom stereocenters. The van der Waals surface area contributed by atoms with E-state index in [0.717, 1.165) is 16.7 Å². The van der Waals surface area contributed by atoms with E-state index in [1.165, 1.54) is 0 Å². The van der Waals surface area contributed by atoms with Gasteiger partial charge in [0.25, 0.3) is 0 Å². The highest BCUT2D eigenvalue weighted by atomic mass is 16.5. The van der Waals surface area contributed by atoms with Crippen LogP contribution in [0.4, 0.5) is 0 Å². The topological polar surface area (TPSA) is 42.4 Å². The van der Waals surface area contributed by atoms with Crippen LogP contribution in [0.2, 0.25) is 0 Å². The van der Waals surface area contributed by atoms with Crippen LogP contribution in [0.5, 0.6) is 5.75 Å². The Hall–Kier alpha value is -1.61. The second kappa shape index (κ2) is 4.94. The number of rotatable bonds is 4. The normalized spacial score (nSPS) is 12.6. The van der Waals surface area contributed by atoms with Gasteiger partial charge in [-0.15, -0.1) is 0 Å². The first-order chi connectivity index (χ1) is 7.81. The highest BCUT2D eigenvalue weighted by molar-refractivity contribution is 5.84. The molecule has 3 heteroatoms. The van der Waals surface area contributed by atoms with E-state index in [0.29, 0.717) is 13.0 Å². The average molecular weight is 217 g/mol. The van der Waals surface area contributed by atoms with Crippen molar-refractivity contribution in [2.45, 2.75) is 19.4 Å². The third-order valence-corrected chi connectivity index (χ3v) is 2.50. The van der Waals surface area contributed by atoms with E-state index in [4.69, 9.17) is 4.74 Å². The summed E-state index contributed by atoms with van der Waals surface area (Å²) in [5.74, 6) is 0.727. The second-order valence-electron chi connectivity index (χ2n) is 3.70. The third-order valence-electron chi connectivity index (χ3n) is 2.50. The van der Waals surface area contributed by atoms with Crippen molar-refractivity contribution >= 4 is 10.9 Å². The molecule has 0 saturated heterocycles. The number of benzene rings is 1. The van der Waals surface area contributed by atoms with Gasteiger partial charge in [-0.3, -0.25) is 4.98 Å². The predicted molar refractivity (Wildman–Crippen MR) is 63.5 cm³/mol. The van der Waals surface area contributed by atoms with E-state index >= 15 is 0 Å². The van der Waals surface area contributed by atoms with E-state index in [1.54, 1.807) is 6.20 Å². The highest BCUT2D eigenvalue weighted by Crippen LogP contribution is 2.22. The predicted octanol–water partition coefficient (Wildman–Crippen LogP) is 2.38. The summed E-state index contributed by atoms with van der Waals surface area (Å²) in [6.45, 7) is 2.24. The molecule has 2 aromatic rings. The van der Waals surface area contributed by atoms with Gasteiger partial charge in [-0.1, -0.05) is 25.1 Å². The molecular formula is C13H15NO2. The Bertz CT molecular complexity index is 465. The van der Waals surface area contributed by atoms with Crippen molar-refractivity contribution in [1.29, 1.82) is 0 Å². The molecule has 84 valence electrons. The standard InChI is InChI=1S/C13H15NO2/c1-2-11(15)9-16-12-7-3-5-10-6-4-8-14-13(10)12/h3-8,11,15H,2,9H2,1H3. The van der Waals surface area contributed by atoms with Crippen LogP contribution < -0.4 is 4.74 Å². The summed E-state index contributed by atoms with van der Waals surface area (Å²) in [5.41, 5.74) is 0.841. The number of hydrogen-bond donors (Lipinski definition) is 1. The van der Waals surface area contributed by atoms with Gasteiger partial charge in [-0.2, -0.15) is 0 Å². The quantitative estimate of drug-likeness (QED) is 0.855. The Morgan fingerprint density at radius 2 is 2.12 bits per heavy atom. The molecule has 1 aromatic carbocycles. The zero-order valence-electron chi connectivity index (χ0n) is 9.26. The first-order valence-corrected chi connectivity index (χ1v) is 5.46. The Morgan fingerprint density at radius 1 is 1.31 bits per heavy atom. The molecule has 1 heterocycles. The van der Waals surface area contributed by atoms with Crippen LogP contribution in [0, 0.1) is 0 Å². The maximum absolute atomic E-state index is 9.45. The summed E-state index contributed by atoms with van der Waals surface area (Å²) < 4.78 is 5.56. The van der Waals surface area contributed by atoms with Crippen molar-refractivity contribution in [3.05, 3.63) is 36.5 Å². The number of aliphatic hydroxyl groups excluding tert-OH is 1. The van der Waals surface area contributed by atoms with E-state index in [9.17, 15) is 5.11 Å². The van der Waals surface area contributed by atoms with Gasteiger partial charge in [0.2, 0.25) is 0 Å². The van der Waals surface area contributed by atoms with Crippen LogP contribution >= 0.6 is 0 Å². The highest BCUT2D eigenvalue weighted by Gasteiger charge is 2.05. The average Bonchev–Trinajstić information content (AvgIpc) is 2.35. The summed E-state index contributed by atoms with van der Waals surface area (Å²) >= 11 is 0. The fourth-order valence-electron chi connectivity index (χ4n) is 1.50. The number of nitrogens with zero attached hydrogens (tertiary/aromatic N) is 1. The van der Waals surface area contributed by atoms with Crippen molar-refractivity contribution in [2.75, 3.05) is 6.61 Å². The van der Waals surface area contributed by atoms with E-state index in [-0.39, 0.29) is 0 Å². The minimum atomic E-state index is -0.418. The molecule has 0 aliphatic carbocycles. The smallest absolute Gasteiger partial charge is 0.145 e. The number of aliphatic hydroxyl groups is 1. The Labute approximate surface area is 94.7 Å². The van der Waals surface area contributed by atoms with Gasteiger partial charge < -0.3 is 9.84 Å². The van der Waals surface area contributed by atoms with Crippen molar-refractivity contribution in [1.82, 2.24) is 4.98 Å². The van der Waals surface area contributed by atoms with Crippen LogP contribution in [0.25, 0.3) is 10.9 Å². The first-order valence-electron chi connectivity index (χ1n) is 5.46. The molecule has 0 aliphatic rings. The first kappa shape index (κ1) is 10.9. The molecule has 0 bridgehead atoms. The lowest BCUT2D eigenvalue weighted by molar-refractivity contribution is 0.105. The Balaban J connectivity index is 2.23.